The number of hydrogen-bond donors (Lipinski definition) is 0. The van der Waals surface area contributed by atoms with Gasteiger partial charge in [-0.1, -0.05) is 30.3 Å². The van der Waals surface area contributed by atoms with Crippen molar-refractivity contribution in [2.75, 3.05) is 14.2 Å². The van der Waals surface area contributed by atoms with Gasteiger partial charge in [0.15, 0.2) is 11.5 Å². The molecule has 8 nitrogen and oxygen atoms in total. The zero-order valence-electron chi connectivity index (χ0n) is 18.0. The van der Waals surface area contributed by atoms with Crippen LogP contribution < -0.4 is 9.47 Å². The first-order chi connectivity index (χ1) is 16.0. The van der Waals surface area contributed by atoms with E-state index >= 15 is 0 Å². The number of nitrogens with zero attached hydrogens (tertiary/aromatic N) is 2. The molecule has 1 heterocycles. The molecular formula is C25H20N2O6. The second kappa shape index (κ2) is 9.35. The van der Waals surface area contributed by atoms with Gasteiger partial charge in [-0.15, -0.1) is 0 Å². The number of benzene rings is 3. The minimum absolute atomic E-state index is 0.0614. The highest BCUT2D eigenvalue weighted by atomic mass is 16.6. The van der Waals surface area contributed by atoms with E-state index in [9.17, 15) is 14.9 Å². The monoisotopic (exact) mass is 444 g/mol. The highest BCUT2D eigenvalue weighted by Gasteiger charge is 2.17. The van der Waals surface area contributed by atoms with Crippen LogP contribution in [0.15, 0.2) is 72.8 Å². The fourth-order valence-electron chi connectivity index (χ4n) is 3.47. The SMILES string of the molecule is COc1ccc(-c2cc(C(=O)OCc3cccc([N+](=O)[O-])c3)c3ccccc3n2)cc1OC. The molecule has 1 aromatic heterocycles. The largest absolute Gasteiger partial charge is 0.493 e. The van der Waals surface area contributed by atoms with Crippen molar-refractivity contribution in [2.45, 2.75) is 6.61 Å². The molecule has 0 saturated heterocycles. The normalized spacial score (nSPS) is 10.6. The van der Waals surface area contributed by atoms with Crippen LogP contribution in [0.25, 0.3) is 22.2 Å². The van der Waals surface area contributed by atoms with E-state index in [1.54, 1.807) is 50.6 Å². The van der Waals surface area contributed by atoms with Gasteiger partial charge in [-0.3, -0.25) is 10.1 Å². The Bertz CT molecular complexity index is 1350. The maximum absolute atomic E-state index is 13.0. The smallest absolute Gasteiger partial charge is 0.339 e. The van der Waals surface area contributed by atoms with Gasteiger partial charge in [0.1, 0.15) is 6.61 Å². The zero-order valence-corrected chi connectivity index (χ0v) is 18.0. The average Bonchev–Trinajstić information content (AvgIpc) is 2.86. The summed E-state index contributed by atoms with van der Waals surface area (Å²) < 4.78 is 16.2. The Hall–Kier alpha value is -4.46. The number of rotatable bonds is 7. The van der Waals surface area contributed by atoms with E-state index in [0.29, 0.717) is 39.2 Å². The number of para-hydroxylation sites is 1. The lowest BCUT2D eigenvalue weighted by atomic mass is 10.0. The third kappa shape index (κ3) is 4.59. The van der Waals surface area contributed by atoms with Crippen LogP contribution in [0.1, 0.15) is 15.9 Å². The number of carbonyl (C=O) groups excluding carboxylic acids is 1. The lowest BCUT2D eigenvalue weighted by molar-refractivity contribution is -0.384. The number of nitro groups is 1. The number of pyridine rings is 1. The third-order valence-corrected chi connectivity index (χ3v) is 5.11. The van der Waals surface area contributed by atoms with Gasteiger partial charge in [-0.2, -0.15) is 0 Å². The number of hydrogen-bond acceptors (Lipinski definition) is 7. The number of non-ortho nitro benzene ring substituents is 1. The molecule has 33 heavy (non-hydrogen) atoms. The van der Waals surface area contributed by atoms with Crippen LogP contribution in [0, 0.1) is 10.1 Å². The Kier molecular flexibility index (Phi) is 6.17. The molecule has 4 rings (SSSR count). The molecule has 0 aliphatic heterocycles. The van der Waals surface area contributed by atoms with Crippen LogP contribution in [0.4, 0.5) is 5.69 Å². The summed E-state index contributed by atoms with van der Waals surface area (Å²) in [5.74, 6) is 0.570. The highest BCUT2D eigenvalue weighted by Crippen LogP contribution is 2.33. The van der Waals surface area contributed by atoms with Gasteiger partial charge in [-0.25, -0.2) is 9.78 Å². The third-order valence-electron chi connectivity index (χ3n) is 5.11. The van der Waals surface area contributed by atoms with Crippen LogP contribution in [-0.4, -0.2) is 30.1 Å². The quantitative estimate of drug-likeness (QED) is 0.220. The molecule has 0 bridgehead atoms. The Balaban J connectivity index is 1.69. The van der Waals surface area contributed by atoms with Gasteiger partial charge in [0.2, 0.25) is 0 Å². The van der Waals surface area contributed by atoms with Crippen LogP contribution in [0.5, 0.6) is 11.5 Å². The summed E-state index contributed by atoms with van der Waals surface area (Å²) in [5.41, 5.74) is 2.75. The van der Waals surface area contributed by atoms with Gasteiger partial charge in [0.05, 0.1) is 35.9 Å². The topological polar surface area (TPSA) is 101 Å². The summed E-state index contributed by atoms with van der Waals surface area (Å²) in [5, 5.41) is 11.6. The highest BCUT2D eigenvalue weighted by molar-refractivity contribution is 6.04. The zero-order chi connectivity index (χ0) is 23.4. The summed E-state index contributed by atoms with van der Waals surface area (Å²) in [6.07, 6.45) is 0. The Morgan fingerprint density at radius 3 is 2.48 bits per heavy atom. The average molecular weight is 444 g/mol. The molecule has 8 heteroatoms. The second-order valence-electron chi connectivity index (χ2n) is 7.15. The molecule has 0 spiro atoms. The first-order valence-corrected chi connectivity index (χ1v) is 10.0. The summed E-state index contributed by atoms with van der Waals surface area (Å²) >= 11 is 0. The van der Waals surface area contributed by atoms with Gasteiger partial charge in [0.25, 0.3) is 5.69 Å². The molecule has 0 amide bonds. The van der Waals surface area contributed by atoms with Crippen LogP contribution >= 0.6 is 0 Å². The number of nitro benzene ring substituents is 1. The molecule has 0 radical (unpaired) electrons. The molecule has 166 valence electrons. The number of aromatic nitrogens is 1. The number of esters is 1. The first kappa shape index (κ1) is 21.8. The van der Waals surface area contributed by atoms with Crippen molar-refractivity contribution < 1.29 is 23.9 Å². The molecule has 3 aromatic carbocycles. The van der Waals surface area contributed by atoms with Crippen molar-refractivity contribution in [3.05, 3.63) is 94.0 Å². The molecule has 0 atom stereocenters. The van der Waals surface area contributed by atoms with Crippen molar-refractivity contribution in [3.63, 3.8) is 0 Å². The van der Waals surface area contributed by atoms with E-state index in [4.69, 9.17) is 14.2 Å². The second-order valence-corrected chi connectivity index (χ2v) is 7.15. The van der Waals surface area contributed by atoms with Gasteiger partial charge in [-0.05, 0) is 35.9 Å². The maximum atomic E-state index is 13.0. The van der Waals surface area contributed by atoms with Crippen molar-refractivity contribution in [2.24, 2.45) is 0 Å². The van der Waals surface area contributed by atoms with Crippen LogP contribution in [-0.2, 0) is 11.3 Å². The summed E-state index contributed by atoms with van der Waals surface area (Å²) in [6, 6.07) is 20.3. The Morgan fingerprint density at radius 2 is 1.73 bits per heavy atom. The molecule has 0 aliphatic rings. The molecule has 0 fully saturated rings. The lowest BCUT2D eigenvalue weighted by Crippen LogP contribution is -2.07. The molecule has 0 aliphatic carbocycles. The van der Waals surface area contributed by atoms with E-state index < -0.39 is 10.9 Å². The minimum atomic E-state index is -0.554. The van der Waals surface area contributed by atoms with Crippen molar-refractivity contribution in [1.29, 1.82) is 0 Å². The van der Waals surface area contributed by atoms with Crippen molar-refractivity contribution in [3.8, 4) is 22.8 Å². The van der Waals surface area contributed by atoms with E-state index in [2.05, 4.69) is 4.98 Å². The number of ether oxygens (including phenoxy) is 3. The summed E-state index contributed by atoms with van der Waals surface area (Å²) in [6.45, 7) is -0.0944. The number of carbonyl (C=O) groups is 1. The molecule has 0 N–H and O–H groups in total. The van der Waals surface area contributed by atoms with E-state index in [0.717, 1.165) is 5.56 Å². The predicted molar refractivity (Wildman–Crippen MR) is 122 cm³/mol. The first-order valence-electron chi connectivity index (χ1n) is 10.0. The number of fused-ring (bicyclic) bond motifs is 1. The Labute approximate surface area is 189 Å². The van der Waals surface area contributed by atoms with E-state index in [1.165, 1.54) is 12.1 Å². The predicted octanol–water partition coefficient (Wildman–Crippen LogP) is 5.18. The summed E-state index contributed by atoms with van der Waals surface area (Å²) in [7, 11) is 3.10. The number of methoxy groups -OCH3 is 2. The standard InChI is InChI=1S/C25H20N2O6/c1-31-23-11-10-17(13-24(23)32-2)22-14-20(19-8-3-4-9-21(19)26-22)25(28)33-15-16-6-5-7-18(12-16)27(29)30/h3-14H,15H2,1-2H3. The summed E-state index contributed by atoms with van der Waals surface area (Å²) in [4.78, 5) is 28.2. The molecule has 4 aromatic rings. The minimum Gasteiger partial charge on any atom is -0.493 e. The molecule has 0 saturated carbocycles. The fraction of sp³-hybridized carbons (Fsp3) is 0.120. The van der Waals surface area contributed by atoms with Crippen molar-refractivity contribution >= 4 is 22.6 Å². The van der Waals surface area contributed by atoms with Crippen molar-refractivity contribution in [1.82, 2.24) is 4.98 Å². The van der Waals surface area contributed by atoms with E-state index in [-0.39, 0.29) is 12.3 Å². The Morgan fingerprint density at radius 1 is 0.939 bits per heavy atom. The molecular weight excluding hydrogens is 424 g/mol. The van der Waals surface area contributed by atoms with Crippen LogP contribution in [0.3, 0.4) is 0 Å². The van der Waals surface area contributed by atoms with Crippen LogP contribution in [0.2, 0.25) is 0 Å². The fourth-order valence-corrected chi connectivity index (χ4v) is 3.47. The molecule has 0 unspecified atom stereocenters. The lowest BCUT2D eigenvalue weighted by Gasteiger charge is -2.12. The maximum Gasteiger partial charge on any atom is 0.339 e. The van der Waals surface area contributed by atoms with Gasteiger partial charge in [0, 0.05) is 23.1 Å². The van der Waals surface area contributed by atoms with E-state index in [1.807, 2.05) is 24.3 Å². The van der Waals surface area contributed by atoms with Gasteiger partial charge >= 0.3 is 5.97 Å². The van der Waals surface area contributed by atoms with Gasteiger partial charge < -0.3 is 14.2 Å².